The lowest BCUT2D eigenvalue weighted by atomic mass is 9.65. The highest BCUT2D eigenvalue weighted by Gasteiger charge is 2.76. The number of benzene rings is 5. The van der Waals surface area contributed by atoms with Gasteiger partial charge in [-0.1, -0.05) is 84.6 Å². The highest BCUT2D eigenvalue weighted by molar-refractivity contribution is 6.23. The van der Waals surface area contributed by atoms with Crippen molar-refractivity contribution in [3.05, 3.63) is 179 Å². The van der Waals surface area contributed by atoms with Gasteiger partial charge in [0.15, 0.2) is 0 Å². The van der Waals surface area contributed by atoms with E-state index < -0.39 is 59.4 Å². The van der Waals surface area contributed by atoms with Crippen LogP contribution in [0.25, 0.3) is 0 Å². The van der Waals surface area contributed by atoms with Crippen molar-refractivity contribution in [1.29, 1.82) is 0 Å². The van der Waals surface area contributed by atoms with Crippen molar-refractivity contribution in [3.63, 3.8) is 0 Å². The number of fused-ring (bicyclic) bond motifs is 3. The smallest absolute Gasteiger partial charge is 0.421 e. The summed E-state index contributed by atoms with van der Waals surface area (Å²) < 4.78 is 22.9. The Balaban J connectivity index is 1.23. The number of hydrogen-bond acceptors (Lipinski definition) is 13. The summed E-state index contributed by atoms with van der Waals surface area (Å²) in [6.45, 7) is 1.05. The largest absolute Gasteiger partial charge is 0.508 e. The molecule has 0 aliphatic carbocycles. The first-order valence-corrected chi connectivity index (χ1v) is 22.7. The van der Waals surface area contributed by atoms with Crippen LogP contribution in [-0.4, -0.2) is 108 Å². The number of carbonyl (C=O) groups is 4. The van der Waals surface area contributed by atoms with E-state index in [1.807, 2.05) is 82.6 Å². The van der Waals surface area contributed by atoms with Crippen LogP contribution in [0.2, 0.25) is 0 Å². The predicted molar refractivity (Wildman–Crippen MR) is 253 cm³/mol. The number of amides is 3. The van der Waals surface area contributed by atoms with Crippen LogP contribution in [0.1, 0.15) is 51.6 Å². The Labute approximate surface area is 398 Å². The number of nitrogens with zero attached hydrogens (tertiary/aromatic N) is 6. The number of aromatic nitrogens is 2. The van der Waals surface area contributed by atoms with Crippen molar-refractivity contribution in [2.45, 2.75) is 29.6 Å². The average Bonchev–Trinajstić information content (AvgIpc) is 3.85. The Morgan fingerprint density at radius 2 is 1.39 bits per heavy atom. The van der Waals surface area contributed by atoms with Gasteiger partial charge in [0.2, 0.25) is 17.8 Å². The highest BCUT2D eigenvalue weighted by Crippen LogP contribution is 2.66. The summed E-state index contributed by atoms with van der Waals surface area (Å²) in [5.41, 5.74) is 1.58. The zero-order valence-electron chi connectivity index (χ0n) is 37.9. The van der Waals surface area contributed by atoms with Crippen molar-refractivity contribution in [2.24, 2.45) is 5.92 Å². The number of rotatable bonds is 9. The van der Waals surface area contributed by atoms with Crippen LogP contribution in [-0.2, 0) is 34.0 Å². The van der Waals surface area contributed by atoms with Crippen molar-refractivity contribution in [3.8, 4) is 23.3 Å². The molecule has 69 heavy (non-hydrogen) atoms. The summed E-state index contributed by atoms with van der Waals surface area (Å²) in [4.78, 5) is 78.1. The van der Waals surface area contributed by atoms with Gasteiger partial charge < -0.3 is 33.9 Å². The van der Waals surface area contributed by atoms with E-state index in [4.69, 9.17) is 18.9 Å². The van der Waals surface area contributed by atoms with E-state index in [-0.39, 0.29) is 37.7 Å². The number of cyclic esters (lactones) is 1. The lowest BCUT2D eigenvalue weighted by molar-refractivity contribution is -0.179. The van der Waals surface area contributed by atoms with Gasteiger partial charge in [-0.05, 0) is 82.9 Å². The van der Waals surface area contributed by atoms with Crippen molar-refractivity contribution < 1.29 is 43.2 Å². The van der Waals surface area contributed by atoms with Crippen LogP contribution >= 0.6 is 0 Å². The first-order chi connectivity index (χ1) is 33.7. The molecule has 4 aliphatic rings. The van der Waals surface area contributed by atoms with E-state index in [1.165, 1.54) is 19.2 Å². The zero-order chi connectivity index (χ0) is 47.6. The fourth-order valence-electron chi connectivity index (χ4n) is 10.5. The third-order valence-electron chi connectivity index (χ3n) is 13.5. The van der Waals surface area contributed by atoms with Crippen LogP contribution in [0, 0.1) is 17.8 Å². The molecule has 4 aliphatic heterocycles. The highest BCUT2D eigenvalue weighted by atomic mass is 16.6. The minimum atomic E-state index is -2.02. The van der Waals surface area contributed by atoms with E-state index in [1.54, 1.807) is 72.9 Å². The molecule has 1 N–H and O–H groups in total. The maximum absolute atomic E-state index is 16.5. The molecule has 1 aromatic heterocycles. The second kappa shape index (κ2) is 18.9. The molecule has 5 heterocycles. The van der Waals surface area contributed by atoms with Gasteiger partial charge in [-0.25, -0.2) is 19.7 Å². The summed E-state index contributed by atoms with van der Waals surface area (Å²) in [7, 11) is 3.06. The molecular weight excluding hydrogens is 877 g/mol. The Morgan fingerprint density at radius 1 is 0.739 bits per heavy atom. The Hall–Kier alpha value is -8.06. The molecule has 6 unspecified atom stereocenters. The molecule has 3 saturated heterocycles. The van der Waals surface area contributed by atoms with E-state index >= 15 is 14.4 Å². The minimum Gasteiger partial charge on any atom is -0.508 e. The molecule has 10 rings (SSSR count). The quantitative estimate of drug-likeness (QED) is 0.0966. The number of phenols is 1. The lowest BCUT2D eigenvalue weighted by Crippen LogP contribution is -2.59. The van der Waals surface area contributed by atoms with Gasteiger partial charge in [0.25, 0.3) is 0 Å². The first-order valence-electron chi connectivity index (χ1n) is 22.7. The van der Waals surface area contributed by atoms with Gasteiger partial charge in [-0.15, -0.1) is 0 Å². The van der Waals surface area contributed by atoms with Gasteiger partial charge in [-0.2, -0.15) is 0 Å². The molecule has 15 nitrogen and oxygen atoms in total. The van der Waals surface area contributed by atoms with Gasteiger partial charge >= 0.3 is 12.1 Å². The Bertz CT molecular complexity index is 2920. The number of hydrogen-bond donors (Lipinski definition) is 1. The molecule has 3 fully saturated rings. The number of aromatic hydroxyl groups is 1. The second-order valence-corrected chi connectivity index (χ2v) is 17.2. The zero-order valence-corrected chi connectivity index (χ0v) is 37.9. The third kappa shape index (κ3) is 7.97. The SMILES string of the molecule is COCCOC(=O)N1C(=O)C2(c3cc(C#Cc4ccc(OC)cc4)ccc31)C(C(=O)N1CCN(c3ncccn3)CC1)C1C(=O)OC(c3ccccc3)C(c3ccccc3)N1C2c1ccc(O)cc1. The molecule has 0 bridgehead atoms. The van der Waals surface area contributed by atoms with Gasteiger partial charge in [0.05, 0.1) is 37.4 Å². The van der Waals surface area contributed by atoms with E-state index in [0.717, 1.165) is 10.5 Å². The molecular formula is C54H48N6O9. The average molecular weight is 925 g/mol. The van der Waals surface area contributed by atoms with Crippen molar-refractivity contribution in [2.75, 3.05) is 63.4 Å². The Kier molecular flexibility index (Phi) is 12.3. The molecule has 1 spiro atoms. The summed E-state index contributed by atoms with van der Waals surface area (Å²) in [5, 5.41) is 10.8. The summed E-state index contributed by atoms with van der Waals surface area (Å²) in [5.74, 6) is 4.17. The standard InChI is InChI=1S/C54H48N6O9/c1-66-32-33-68-53(65)59-43-25-18-36(15-14-35-16-23-41(67-2)24-17-35)34-42(43)54(51(59)64)44(49(62)57-28-30-58(31-29-57)52-55-26-9-27-56-52)46-50(63)69-47(38-12-7-4-8-13-38)45(37-10-5-3-6-11-37)60(46)48(54)39-19-21-40(61)22-20-39/h3-13,16-27,34,44-48,61H,28-33H2,1-2H3. The number of methoxy groups -OCH3 is 2. The molecule has 0 saturated carbocycles. The maximum atomic E-state index is 16.5. The number of piperazine rings is 1. The Morgan fingerprint density at radius 3 is 2.06 bits per heavy atom. The van der Waals surface area contributed by atoms with Gasteiger partial charge in [0, 0.05) is 56.8 Å². The second-order valence-electron chi connectivity index (χ2n) is 17.2. The fourth-order valence-corrected chi connectivity index (χ4v) is 10.5. The number of imide groups is 1. The van der Waals surface area contributed by atoms with Crippen LogP contribution in [0.4, 0.5) is 16.4 Å². The van der Waals surface area contributed by atoms with Crippen LogP contribution in [0.3, 0.4) is 0 Å². The fraction of sp³-hybridized carbons (Fsp3) is 0.259. The summed E-state index contributed by atoms with van der Waals surface area (Å²) >= 11 is 0. The summed E-state index contributed by atoms with van der Waals surface area (Å²) in [6.07, 6.45) is 1.43. The maximum Gasteiger partial charge on any atom is 0.421 e. The lowest BCUT2D eigenvalue weighted by Gasteiger charge is -2.46. The number of esters is 1. The topological polar surface area (TPSA) is 164 Å². The number of carbonyl (C=O) groups excluding carboxylic acids is 4. The van der Waals surface area contributed by atoms with Crippen molar-refractivity contribution in [1.82, 2.24) is 19.8 Å². The normalized spacial score (nSPS) is 22.9. The van der Waals surface area contributed by atoms with Gasteiger partial charge in [-0.3, -0.25) is 19.3 Å². The summed E-state index contributed by atoms with van der Waals surface area (Å²) in [6, 6.07) is 36.1. The number of anilines is 2. The third-order valence-corrected chi connectivity index (χ3v) is 13.5. The van der Waals surface area contributed by atoms with Crippen LogP contribution in [0.5, 0.6) is 11.5 Å². The molecule has 6 aromatic rings. The first kappa shape index (κ1) is 44.8. The van der Waals surface area contributed by atoms with E-state index in [9.17, 15) is 9.90 Å². The van der Waals surface area contributed by atoms with Crippen molar-refractivity contribution >= 4 is 35.5 Å². The number of phenolic OH excluding ortho intramolecular Hbond substituents is 1. The molecule has 15 heteroatoms. The van der Waals surface area contributed by atoms with Gasteiger partial charge in [0.1, 0.15) is 35.7 Å². The van der Waals surface area contributed by atoms with Crippen LogP contribution in [0.15, 0.2) is 146 Å². The molecule has 5 aromatic carbocycles. The van der Waals surface area contributed by atoms with Crippen LogP contribution < -0.4 is 14.5 Å². The molecule has 0 radical (unpaired) electrons. The number of morpholine rings is 1. The number of ether oxygens (including phenoxy) is 4. The van der Waals surface area contributed by atoms with E-state index in [2.05, 4.69) is 21.8 Å². The monoisotopic (exact) mass is 924 g/mol. The molecule has 6 atom stereocenters. The molecule has 3 amide bonds. The minimum absolute atomic E-state index is 0.0346. The predicted octanol–water partition coefficient (Wildman–Crippen LogP) is 6.39. The van der Waals surface area contributed by atoms with E-state index in [0.29, 0.717) is 52.6 Å². The molecule has 348 valence electrons.